The topological polar surface area (TPSA) is 20.2 Å². The van der Waals surface area contributed by atoms with Gasteiger partial charge in [0.15, 0.2) is 0 Å². The average Bonchev–Trinajstić information content (AvgIpc) is 2.43. The zero-order valence-corrected chi connectivity index (χ0v) is 14.7. The van der Waals surface area contributed by atoms with E-state index in [1.54, 1.807) is 0 Å². The molecule has 0 aliphatic rings. The molecular formula is C19H26OS. The standard InChI is InChI=1S/C19H26OS/c1-11(2)16-14-9-7-8-10-15(14)19(21-20)18(13(5)6)17(16)12(3)4/h7-13,20H,1-6H3. The lowest BCUT2D eigenvalue weighted by Crippen LogP contribution is -2.08. The predicted octanol–water partition coefficient (Wildman–Crippen LogP) is 6.78. The molecule has 2 aromatic rings. The van der Waals surface area contributed by atoms with E-state index in [1.165, 1.54) is 27.5 Å². The SMILES string of the molecule is CC(C)c1c(C(C)C)c(C(C)C)c2ccccc2c1SO. The molecular weight excluding hydrogens is 276 g/mol. The lowest BCUT2D eigenvalue weighted by atomic mass is 9.80. The third-order valence-corrected chi connectivity index (χ3v) is 4.73. The highest BCUT2D eigenvalue weighted by molar-refractivity contribution is 7.94. The Morgan fingerprint density at radius 1 is 0.714 bits per heavy atom. The van der Waals surface area contributed by atoms with Gasteiger partial charge in [-0.2, -0.15) is 0 Å². The van der Waals surface area contributed by atoms with Crippen LogP contribution < -0.4 is 0 Å². The number of fused-ring (bicyclic) bond motifs is 1. The van der Waals surface area contributed by atoms with Crippen LogP contribution in [0.3, 0.4) is 0 Å². The molecule has 0 atom stereocenters. The molecule has 21 heavy (non-hydrogen) atoms. The summed E-state index contributed by atoms with van der Waals surface area (Å²) < 4.78 is 9.92. The van der Waals surface area contributed by atoms with Gasteiger partial charge in [-0.05, 0) is 45.2 Å². The van der Waals surface area contributed by atoms with Crippen LogP contribution in [0.5, 0.6) is 0 Å². The van der Waals surface area contributed by atoms with Gasteiger partial charge in [-0.3, -0.25) is 0 Å². The molecule has 1 nitrogen and oxygen atoms in total. The molecule has 2 heteroatoms. The molecule has 0 amide bonds. The highest BCUT2D eigenvalue weighted by Gasteiger charge is 2.24. The summed E-state index contributed by atoms with van der Waals surface area (Å²) in [7, 11) is 0. The van der Waals surface area contributed by atoms with Gasteiger partial charge in [-0.25, -0.2) is 0 Å². The molecule has 0 unspecified atom stereocenters. The van der Waals surface area contributed by atoms with E-state index >= 15 is 0 Å². The van der Waals surface area contributed by atoms with Crippen LogP contribution in [-0.4, -0.2) is 4.55 Å². The number of rotatable bonds is 4. The van der Waals surface area contributed by atoms with Crippen molar-refractivity contribution in [2.45, 2.75) is 64.2 Å². The number of hydrogen-bond acceptors (Lipinski definition) is 2. The van der Waals surface area contributed by atoms with E-state index in [4.69, 9.17) is 0 Å². The lowest BCUT2D eigenvalue weighted by Gasteiger charge is -2.27. The van der Waals surface area contributed by atoms with E-state index in [9.17, 15) is 4.55 Å². The molecule has 0 spiro atoms. The normalized spacial score (nSPS) is 12.1. The molecule has 0 aromatic heterocycles. The van der Waals surface area contributed by atoms with Gasteiger partial charge in [0.1, 0.15) is 0 Å². The highest BCUT2D eigenvalue weighted by Crippen LogP contribution is 2.44. The fourth-order valence-electron chi connectivity index (χ4n) is 3.39. The van der Waals surface area contributed by atoms with E-state index < -0.39 is 0 Å². The summed E-state index contributed by atoms with van der Waals surface area (Å²) in [5.41, 5.74) is 4.19. The molecule has 1 N–H and O–H groups in total. The van der Waals surface area contributed by atoms with Crippen molar-refractivity contribution in [3.63, 3.8) is 0 Å². The third-order valence-electron chi connectivity index (χ3n) is 4.11. The zero-order valence-electron chi connectivity index (χ0n) is 13.9. The fourth-order valence-corrected chi connectivity index (χ4v) is 4.11. The Morgan fingerprint density at radius 2 is 1.19 bits per heavy atom. The maximum atomic E-state index is 9.92. The largest absolute Gasteiger partial charge is 0.325 e. The summed E-state index contributed by atoms with van der Waals surface area (Å²) in [6.45, 7) is 13.5. The molecule has 114 valence electrons. The van der Waals surface area contributed by atoms with Crippen molar-refractivity contribution < 1.29 is 4.55 Å². The summed E-state index contributed by atoms with van der Waals surface area (Å²) >= 11 is 0.905. The molecule has 0 heterocycles. The second-order valence-corrected chi connectivity index (χ2v) is 7.26. The quantitative estimate of drug-likeness (QED) is 0.628. The molecule has 0 saturated carbocycles. The van der Waals surface area contributed by atoms with Gasteiger partial charge in [0.2, 0.25) is 0 Å². The summed E-state index contributed by atoms with van der Waals surface area (Å²) in [5, 5.41) is 2.47. The number of benzene rings is 2. The zero-order chi connectivity index (χ0) is 15.7. The van der Waals surface area contributed by atoms with Crippen LogP contribution >= 0.6 is 12.0 Å². The summed E-state index contributed by atoms with van der Waals surface area (Å²) in [6.07, 6.45) is 0. The van der Waals surface area contributed by atoms with Gasteiger partial charge in [0.05, 0.1) is 0 Å². The first-order chi connectivity index (χ1) is 9.90. The Balaban J connectivity index is 3.05. The fraction of sp³-hybridized carbons (Fsp3) is 0.474. The molecule has 2 rings (SSSR count). The maximum Gasteiger partial charge on any atom is 0.0466 e. The lowest BCUT2D eigenvalue weighted by molar-refractivity contribution is 0.659. The molecule has 2 aromatic carbocycles. The van der Waals surface area contributed by atoms with Crippen LogP contribution in [0.15, 0.2) is 29.2 Å². The maximum absolute atomic E-state index is 9.92. The number of hydrogen-bond donors (Lipinski definition) is 1. The molecule has 0 radical (unpaired) electrons. The first kappa shape index (κ1) is 16.4. The Hall–Kier alpha value is -0.990. The molecule has 0 fully saturated rings. The first-order valence-corrected chi connectivity index (χ1v) is 8.57. The Bertz CT molecular complexity index is 642. The van der Waals surface area contributed by atoms with Crippen LogP contribution in [0.4, 0.5) is 0 Å². The van der Waals surface area contributed by atoms with E-state index in [1.807, 2.05) is 0 Å². The van der Waals surface area contributed by atoms with Crippen LogP contribution in [0.25, 0.3) is 10.8 Å². The second kappa shape index (κ2) is 6.41. The van der Waals surface area contributed by atoms with E-state index in [2.05, 4.69) is 65.8 Å². The van der Waals surface area contributed by atoms with Crippen LogP contribution in [0.2, 0.25) is 0 Å². The van der Waals surface area contributed by atoms with Crippen molar-refractivity contribution in [3.8, 4) is 0 Å². The first-order valence-electron chi connectivity index (χ1n) is 7.79. The third kappa shape index (κ3) is 2.84. The van der Waals surface area contributed by atoms with Gasteiger partial charge >= 0.3 is 0 Å². The van der Waals surface area contributed by atoms with Crippen LogP contribution in [0, 0.1) is 0 Å². The molecule has 0 saturated heterocycles. The van der Waals surface area contributed by atoms with Crippen LogP contribution in [0.1, 0.15) is 76.0 Å². The van der Waals surface area contributed by atoms with E-state index in [0.717, 1.165) is 16.9 Å². The van der Waals surface area contributed by atoms with Gasteiger partial charge in [0.25, 0.3) is 0 Å². The van der Waals surface area contributed by atoms with Gasteiger partial charge in [-0.15, -0.1) is 0 Å². The van der Waals surface area contributed by atoms with Gasteiger partial charge < -0.3 is 4.55 Å². The monoisotopic (exact) mass is 302 g/mol. The smallest absolute Gasteiger partial charge is 0.0466 e. The summed E-state index contributed by atoms with van der Waals surface area (Å²) in [5.74, 6) is 1.33. The van der Waals surface area contributed by atoms with Crippen molar-refractivity contribution in [2.75, 3.05) is 0 Å². The molecule has 0 aliphatic carbocycles. The predicted molar refractivity (Wildman–Crippen MR) is 94.7 cm³/mol. The van der Waals surface area contributed by atoms with Crippen molar-refractivity contribution in [3.05, 3.63) is 41.0 Å². The van der Waals surface area contributed by atoms with E-state index in [0.29, 0.717) is 17.8 Å². The minimum absolute atomic E-state index is 0.402. The molecule has 0 bridgehead atoms. The molecule has 0 aliphatic heterocycles. The van der Waals surface area contributed by atoms with Crippen molar-refractivity contribution in [1.29, 1.82) is 0 Å². The summed E-state index contributed by atoms with van der Waals surface area (Å²) in [6, 6.07) is 8.49. The Labute approximate surface area is 133 Å². The van der Waals surface area contributed by atoms with E-state index in [-0.39, 0.29) is 0 Å². The Kier molecular flexibility index (Phi) is 5.00. The highest BCUT2D eigenvalue weighted by atomic mass is 32.2. The Morgan fingerprint density at radius 3 is 1.62 bits per heavy atom. The van der Waals surface area contributed by atoms with Crippen molar-refractivity contribution in [1.82, 2.24) is 0 Å². The van der Waals surface area contributed by atoms with Gasteiger partial charge in [0, 0.05) is 16.9 Å². The van der Waals surface area contributed by atoms with Crippen LogP contribution in [-0.2, 0) is 0 Å². The van der Waals surface area contributed by atoms with Crippen molar-refractivity contribution >= 4 is 22.8 Å². The minimum Gasteiger partial charge on any atom is -0.325 e. The summed E-state index contributed by atoms with van der Waals surface area (Å²) in [4.78, 5) is 1.04. The van der Waals surface area contributed by atoms with Crippen molar-refractivity contribution in [2.24, 2.45) is 0 Å². The minimum atomic E-state index is 0.402. The average molecular weight is 302 g/mol. The van der Waals surface area contributed by atoms with Gasteiger partial charge in [-0.1, -0.05) is 65.8 Å². The second-order valence-electron chi connectivity index (χ2n) is 6.67.